The van der Waals surface area contributed by atoms with Crippen LogP contribution in [-0.2, 0) is 11.3 Å². The highest BCUT2D eigenvalue weighted by atomic mass is 35.5. The van der Waals surface area contributed by atoms with Crippen molar-refractivity contribution in [3.8, 4) is 22.8 Å². The van der Waals surface area contributed by atoms with Gasteiger partial charge in [-0.05, 0) is 43.0 Å². The summed E-state index contributed by atoms with van der Waals surface area (Å²) in [5, 5.41) is 9.00. The third kappa shape index (κ3) is 3.80. The van der Waals surface area contributed by atoms with Crippen LogP contribution in [0.3, 0.4) is 0 Å². The average Bonchev–Trinajstić information content (AvgIpc) is 3.39. The van der Waals surface area contributed by atoms with Gasteiger partial charge in [0.25, 0.3) is 5.89 Å². The van der Waals surface area contributed by atoms with Gasteiger partial charge in [-0.15, -0.1) is 5.10 Å². The first-order valence-electron chi connectivity index (χ1n) is 10.5. The Kier molecular flexibility index (Phi) is 5.26. The maximum absolute atomic E-state index is 12.9. The zero-order chi connectivity index (χ0) is 22.2. The Balaban J connectivity index is 1.47. The van der Waals surface area contributed by atoms with E-state index in [1.54, 1.807) is 41.4 Å². The van der Waals surface area contributed by atoms with Crippen LogP contribution < -0.4 is 5.69 Å². The molecule has 0 saturated carbocycles. The summed E-state index contributed by atoms with van der Waals surface area (Å²) in [6, 6.07) is 10.6. The molecule has 0 bridgehead atoms. The minimum Gasteiger partial charge on any atom is -0.341 e. The Morgan fingerprint density at radius 1 is 1.28 bits per heavy atom. The number of benzene rings is 1. The summed E-state index contributed by atoms with van der Waals surface area (Å²) in [7, 11) is 0. The molecule has 1 aromatic carbocycles. The van der Waals surface area contributed by atoms with Crippen molar-refractivity contribution in [3.05, 3.63) is 58.1 Å². The third-order valence-corrected chi connectivity index (χ3v) is 5.88. The van der Waals surface area contributed by atoms with E-state index in [-0.39, 0.29) is 18.3 Å². The van der Waals surface area contributed by atoms with Crippen molar-refractivity contribution >= 4 is 23.2 Å². The molecule has 1 aliphatic heterocycles. The number of piperidine rings is 1. The van der Waals surface area contributed by atoms with Crippen molar-refractivity contribution in [2.45, 2.75) is 26.3 Å². The van der Waals surface area contributed by atoms with Gasteiger partial charge in [-0.25, -0.2) is 13.9 Å². The standard InChI is InChI=1S/C22H21ClN6O3/c1-14-5-3-9-27(12-14)18(30)13-29-22(31)28-10-4-8-17(20(28)25-29)21-24-19(26-32-21)15-6-2-7-16(23)11-15/h2,4,6-8,10-11,14H,3,5,9,12-13H2,1H3/t14-/m0/s1. The van der Waals surface area contributed by atoms with Crippen LogP contribution in [0, 0.1) is 5.92 Å². The first kappa shape index (κ1) is 20.4. The van der Waals surface area contributed by atoms with Crippen LogP contribution in [0.4, 0.5) is 0 Å². The van der Waals surface area contributed by atoms with E-state index >= 15 is 0 Å². The van der Waals surface area contributed by atoms with Gasteiger partial charge in [-0.3, -0.25) is 4.79 Å². The van der Waals surface area contributed by atoms with Gasteiger partial charge < -0.3 is 9.42 Å². The highest BCUT2D eigenvalue weighted by molar-refractivity contribution is 6.30. The number of amides is 1. The quantitative estimate of drug-likeness (QED) is 0.471. The number of likely N-dealkylation sites (tertiary alicyclic amines) is 1. The lowest BCUT2D eigenvalue weighted by molar-refractivity contribution is -0.133. The summed E-state index contributed by atoms with van der Waals surface area (Å²) < 4.78 is 8.02. The molecule has 0 aliphatic carbocycles. The minimum absolute atomic E-state index is 0.107. The van der Waals surface area contributed by atoms with Gasteiger partial charge in [-0.1, -0.05) is 35.8 Å². The number of nitrogens with zero attached hydrogens (tertiary/aromatic N) is 6. The maximum Gasteiger partial charge on any atom is 0.350 e. The molecule has 1 amide bonds. The molecule has 1 atom stereocenters. The number of rotatable bonds is 4. The van der Waals surface area contributed by atoms with E-state index in [0.717, 1.165) is 12.8 Å². The van der Waals surface area contributed by atoms with E-state index in [1.807, 2.05) is 6.07 Å². The second-order valence-corrected chi connectivity index (χ2v) is 8.51. The lowest BCUT2D eigenvalue weighted by Crippen LogP contribution is -2.42. The molecule has 3 aromatic heterocycles. The number of hydrogen-bond acceptors (Lipinski definition) is 6. The molecule has 0 radical (unpaired) electrons. The van der Waals surface area contributed by atoms with E-state index < -0.39 is 5.69 Å². The Bertz CT molecular complexity index is 1360. The summed E-state index contributed by atoms with van der Waals surface area (Å²) in [6.07, 6.45) is 3.69. The maximum atomic E-state index is 12.9. The molecule has 9 nitrogen and oxygen atoms in total. The van der Waals surface area contributed by atoms with Crippen molar-refractivity contribution in [1.29, 1.82) is 0 Å². The molecule has 4 heterocycles. The number of carbonyl (C=O) groups is 1. The van der Waals surface area contributed by atoms with E-state index in [9.17, 15) is 9.59 Å². The normalized spacial score (nSPS) is 16.6. The van der Waals surface area contributed by atoms with Gasteiger partial charge in [0.2, 0.25) is 11.7 Å². The van der Waals surface area contributed by atoms with E-state index in [2.05, 4.69) is 22.2 Å². The monoisotopic (exact) mass is 452 g/mol. The smallest absolute Gasteiger partial charge is 0.341 e. The Hall–Kier alpha value is -3.46. The molecule has 0 spiro atoms. The molecule has 32 heavy (non-hydrogen) atoms. The summed E-state index contributed by atoms with van der Waals surface area (Å²) in [6.45, 7) is 3.44. The fourth-order valence-corrected chi connectivity index (χ4v) is 4.22. The van der Waals surface area contributed by atoms with Crippen molar-refractivity contribution in [2.75, 3.05) is 13.1 Å². The highest BCUT2D eigenvalue weighted by Crippen LogP contribution is 2.26. The first-order chi connectivity index (χ1) is 15.5. The Labute approximate surface area is 188 Å². The topological polar surface area (TPSA) is 98.5 Å². The molecular weight excluding hydrogens is 432 g/mol. The zero-order valence-corrected chi connectivity index (χ0v) is 18.2. The van der Waals surface area contributed by atoms with Crippen LogP contribution in [0.2, 0.25) is 5.02 Å². The number of halogens is 1. The molecule has 0 unspecified atom stereocenters. The van der Waals surface area contributed by atoms with Gasteiger partial charge in [0.15, 0.2) is 5.65 Å². The highest BCUT2D eigenvalue weighted by Gasteiger charge is 2.23. The second kappa shape index (κ2) is 8.23. The fraction of sp³-hybridized carbons (Fsp3) is 0.318. The van der Waals surface area contributed by atoms with Crippen LogP contribution in [0.1, 0.15) is 19.8 Å². The first-order valence-corrected chi connectivity index (χ1v) is 10.8. The molecule has 164 valence electrons. The molecule has 4 aromatic rings. The van der Waals surface area contributed by atoms with E-state index in [0.29, 0.717) is 46.6 Å². The van der Waals surface area contributed by atoms with Crippen LogP contribution in [-0.4, -0.2) is 48.2 Å². The minimum atomic E-state index is -0.394. The van der Waals surface area contributed by atoms with Gasteiger partial charge >= 0.3 is 5.69 Å². The lowest BCUT2D eigenvalue weighted by atomic mass is 10.0. The largest absolute Gasteiger partial charge is 0.350 e. The Morgan fingerprint density at radius 3 is 2.97 bits per heavy atom. The predicted octanol–water partition coefficient (Wildman–Crippen LogP) is 3.12. The predicted molar refractivity (Wildman–Crippen MR) is 118 cm³/mol. The van der Waals surface area contributed by atoms with Crippen LogP contribution in [0.15, 0.2) is 51.9 Å². The fourth-order valence-electron chi connectivity index (χ4n) is 4.03. The van der Waals surface area contributed by atoms with Crippen LogP contribution in [0.25, 0.3) is 28.5 Å². The summed E-state index contributed by atoms with van der Waals surface area (Å²) in [5.41, 5.74) is 1.17. The van der Waals surface area contributed by atoms with Gasteiger partial charge in [0, 0.05) is 29.9 Å². The van der Waals surface area contributed by atoms with Crippen molar-refractivity contribution in [2.24, 2.45) is 5.92 Å². The SMILES string of the molecule is C[C@H]1CCCN(C(=O)Cn2nc3c(-c4nc(-c5cccc(Cl)c5)no4)cccn3c2=O)C1. The summed E-state index contributed by atoms with van der Waals surface area (Å²) in [4.78, 5) is 31.9. The van der Waals surface area contributed by atoms with Crippen molar-refractivity contribution < 1.29 is 9.32 Å². The number of pyridine rings is 1. The molecule has 5 rings (SSSR count). The van der Waals surface area contributed by atoms with E-state index in [1.165, 1.54) is 9.08 Å². The number of carbonyl (C=O) groups excluding carboxylic acids is 1. The third-order valence-electron chi connectivity index (χ3n) is 5.64. The van der Waals surface area contributed by atoms with Crippen molar-refractivity contribution in [3.63, 3.8) is 0 Å². The molecule has 0 N–H and O–H groups in total. The molecular formula is C22H21ClN6O3. The number of fused-ring (bicyclic) bond motifs is 1. The number of hydrogen-bond donors (Lipinski definition) is 0. The summed E-state index contributed by atoms with van der Waals surface area (Å²) in [5.74, 6) is 0.951. The number of aromatic nitrogens is 5. The van der Waals surface area contributed by atoms with Crippen LogP contribution >= 0.6 is 11.6 Å². The lowest BCUT2D eigenvalue weighted by Gasteiger charge is -2.30. The molecule has 1 fully saturated rings. The molecule has 10 heteroatoms. The van der Waals surface area contributed by atoms with Crippen molar-refractivity contribution in [1.82, 2.24) is 29.2 Å². The zero-order valence-electron chi connectivity index (χ0n) is 17.4. The molecule has 1 saturated heterocycles. The van der Waals surface area contributed by atoms with Gasteiger partial charge in [-0.2, -0.15) is 4.98 Å². The summed E-state index contributed by atoms with van der Waals surface area (Å²) >= 11 is 6.05. The van der Waals surface area contributed by atoms with Crippen LogP contribution in [0.5, 0.6) is 0 Å². The Morgan fingerprint density at radius 2 is 2.16 bits per heavy atom. The van der Waals surface area contributed by atoms with Gasteiger partial charge in [0.05, 0.1) is 5.56 Å². The molecule has 1 aliphatic rings. The second-order valence-electron chi connectivity index (χ2n) is 8.08. The average molecular weight is 453 g/mol. The van der Waals surface area contributed by atoms with Gasteiger partial charge in [0.1, 0.15) is 6.54 Å². The van der Waals surface area contributed by atoms with E-state index in [4.69, 9.17) is 16.1 Å².